The van der Waals surface area contributed by atoms with Gasteiger partial charge in [0, 0.05) is 19.7 Å². The van der Waals surface area contributed by atoms with E-state index >= 15 is 0 Å². The normalized spacial score (nSPS) is 10.2. The monoisotopic (exact) mass is 250 g/mol. The molecular formula is C14H22N2O2. The van der Waals surface area contributed by atoms with Gasteiger partial charge >= 0.3 is 0 Å². The van der Waals surface area contributed by atoms with Crippen molar-refractivity contribution in [3.8, 4) is 5.75 Å². The summed E-state index contributed by atoms with van der Waals surface area (Å²) in [6.45, 7) is 2.78. The lowest BCUT2D eigenvalue weighted by molar-refractivity contribution is 0.0827. The third-order valence-corrected chi connectivity index (χ3v) is 2.67. The van der Waals surface area contributed by atoms with Gasteiger partial charge < -0.3 is 15.4 Å². The Balaban J connectivity index is 2.72. The lowest BCUT2D eigenvalue weighted by atomic mass is 10.1. The molecule has 0 fully saturated rings. The van der Waals surface area contributed by atoms with Crippen LogP contribution in [0.4, 0.5) is 5.69 Å². The van der Waals surface area contributed by atoms with Gasteiger partial charge in [-0.05, 0) is 24.6 Å². The zero-order chi connectivity index (χ0) is 13.5. The predicted octanol–water partition coefficient (Wildman–Crippen LogP) is 2.54. The van der Waals surface area contributed by atoms with E-state index in [1.165, 1.54) is 4.90 Å². The second kappa shape index (κ2) is 6.89. The van der Waals surface area contributed by atoms with Crippen molar-refractivity contribution in [2.24, 2.45) is 0 Å². The van der Waals surface area contributed by atoms with Crippen LogP contribution in [0.25, 0.3) is 0 Å². The fourth-order valence-electron chi connectivity index (χ4n) is 1.58. The number of unbranched alkanes of at least 4 members (excludes halogenated alkanes) is 2. The smallest absolute Gasteiger partial charge is 0.253 e. The standard InChI is InChI=1S/C14H22N2O2/c1-4-5-6-9-18-13-10-11(7-8-12(13)15)14(17)16(2)3/h7-8,10H,4-6,9,15H2,1-3H3. The number of nitrogens with two attached hydrogens (primary N) is 1. The average Bonchev–Trinajstić information content (AvgIpc) is 2.35. The first-order valence-electron chi connectivity index (χ1n) is 6.30. The van der Waals surface area contributed by atoms with Gasteiger partial charge in [0.2, 0.25) is 0 Å². The molecule has 0 aliphatic carbocycles. The number of anilines is 1. The summed E-state index contributed by atoms with van der Waals surface area (Å²) in [5.74, 6) is 0.548. The Hall–Kier alpha value is -1.71. The van der Waals surface area contributed by atoms with Gasteiger partial charge in [-0.2, -0.15) is 0 Å². The van der Waals surface area contributed by atoms with Crippen LogP contribution in [0.3, 0.4) is 0 Å². The van der Waals surface area contributed by atoms with Crippen molar-refractivity contribution < 1.29 is 9.53 Å². The Labute approximate surface area is 109 Å². The number of carbonyl (C=O) groups is 1. The predicted molar refractivity (Wildman–Crippen MR) is 73.9 cm³/mol. The summed E-state index contributed by atoms with van der Waals surface area (Å²) in [6, 6.07) is 5.14. The van der Waals surface area contributed by atoms with Crippen LogP contribution < -0.4 is 10.5 Å². The molecule has 4 nitrogen and oxygen atoms in total. The van der Waals surface area contributed by atoms with Gasteiger partial charge in [-0.25, -0.2) is 0 Å². The average molecular weight is 250 g/mol. The van der Waals surface area contributed by atoms with Crippen LogP contribution in [0.2, 0.25) is 0 Å². The minimum Gasteiger partial charge on any atom is -0.491 e. The zero-order valence-corrected chi connectivity index (χ0v) is 11.4. The van der Waals surface area contributed by atoms with Gasteiger partial charge in [0.1, 0.15) is 5.75 Å². The molecule has 2 N–H and O–H groups in total. The van der Waals surface area contributed by atoms with Crippen LogP contribution >= 0.6 is 0 Å². The Morgan fingerprint density at radius 1 is 1.33 bits per heavy atom. The molecule has 0 heterocycles. The van der Waals surface area contributed by atoms with Crippen LogP contribution in [-0.2, 0) is 0 Å². The highest BCUT2D eigenvalue weighted by atomic mass is 16.5. The third-order valence-electron chi connectivity index (χ3n) is 2.67. The van der Waals surface area contributed by atoms with Gasteiger partial charge in [0.05, 0.1) is 12.3 Å². The number of nitrogens with zero attached hydrogens (tertiary/aromatic N) is 1. The van der Waals surface area contributed by atoms with Crippen LogP contribution in [0.5, 0.6) is 5.75 Å². The molecule has 1 aromatic carbocycles. The van der Waals surface area contributed by atoms with Crippen molar-refractivity contribution in [1.82, 2.24) is 4.90 Å². The maximum Gasteiger partial charge on any atom is 0.253 e. The minimum atomic E-state index is -0.0478. The highest BCUT2D eigenvalue weighted by molar-refractivity contribution is 5.94. The number of ether oxygens (including phenoxy) is 1. The van der Waals surface area contributed by atoms with Crippen molar-refractivity contribution >= 4 is 11.6 Å². The number of nitrogen functional groups attached to an aromatic ring is 1. The summed E-state index contributed by atoms with van der Waals surface area (Å²) in [4.78, 5) is 13.3. The molecule has 1 rings (SSSR count). The molecule has 1 amide bonds. The number of hydrogen-bond donors (Lipinski definition) is 1. The van der Waals surface area contributed by atoms with E-state index in [4.69, 9.17) is 10.5 Å². The molecule has 0 saturated carbocycles. The molecule has 1 aromatic rings. The summed E-state index contributed by atoms with van der Waals surface area (Å²) in [5, 5.41) is 0. The van der Waals surface area contributed by atoms with Crippen LogP contribution in [-0.4, -0.2) is 31.5 Å². The van der Waals surface area contributed by atoms with E-state index in [-0.39, 0.29) is 5.91 Å². The molecule has 100 valence electrons. The van der Waals surface area contributed by atoms with Gasteiger partial charge in [0.25, 0.3) is 5.91 Å². The highest BCUT2D eigenvalue weighted by Crippen LogP contribution is 2.23. The van der Waals surface area contributed by atoms with E-state index < -0.39 is 0 Å². The quantitative estimate of drug-likeness (QED) is 0.623. The summed E-state index contributed by atoms with van der Waals surface area (Å²) >= 11 is 0. The molecule has 0 aliphatic heterocycles. The second-order valence-electron chi connectivity index (χ2n) is 4.51. The fraction of sp³-hybridized carbons (Fsp3) is 0.500. The largest absolute Gasteiger partial charge is 0.491 e. The lowest BCUT2D eigenvalue weighted by Gasteiger charge is -2.13. The summed E-state index contributed by atoms with van der Waals surface area (Å²) in [7, 11) is 3.45. The molecule has 4 heteroatoms. The Bertz CT molecular complexity index is 403. The highest BCUT2D eigenvalue weighted by Gasteiger charge is 2.10. The van der Waals surface area contributed by atoms with Crippen molar-refractivity contribution in [3.63, 3.8) is 0 Å². The molecule has 0 saturated heterocycles. The summed E-state index contributed by atoms with van der Waals surface area (Å²) in [5.41, 5.74) is 7.00. The number of amides is 1. The van der Waals surface area contributed by atoms with Crippen molar-refractivity contribution in [2.45, 2.75) is 26.2 Å². The lowest BCUT2D eigenvalue weighted by Crippen LogP contribution is -2.21. The third kappa shape index (κ3) is 3.95. The maximum absolute atomic E-state index is 11.8. The molecule has 0 aliphatic rings. The molecular weight excluding hydrogens is 228 g/mol. The first-order chi connectivity index (χ1) is 8.56. The van der Waals surface area contributed by atoms with Gasteiger partial charge in [0.15, 0.2) is 0 Å². The molecule has 18 heavy (non-hydrogen) atoms. The first-order valence-corrected chi connectivity index (χ1v) is 6.30. The Morgan fingerprint density at radius 3 is 2.67 bits per heavy atom. The van der Waals surface area contributed by atoms with Crippen LogP contribution in [0.15, 0.2) is 18.2 Å². The van der Waals surface area contributed by atoms with Crippen molar-refractivity contribution in [3.05, 3.63) is 23.8 Å². The maximum atomic E-state index is 11.8. The Morgan fingerprint density at radius 2 is 2.06 bits per heavy atom. The number of hydrogen-bond acceptors (Lipinski definition) is 3. The molecule has 0 unspecified atom stereocenters. The zero-order valence-electron chi connectivity index (χ0n) is 11.4. The molecule has 0 bridgehead atoms. The number of rotatable bonds is 6. The van der Waals surface area contributed by atoms with E-state index in [0.717, 1.165) is 19.3 Å². The van der Waals surface area contributed by atoms with E-state index in [1.807, 2.05) is 0 Å². The van der Waals surface area contributed by atoms with E-state index in [2.05, 4.69) is 6.92 Å². The fourth-order valence-corrected chi connectivity index (χ4v) is 1.58. The van der Waals surface area contributed by atoms with Crippen LogP contribution in [0, 0.1) is 0 Å². The molecule has 0 spiro atoms. The summed E-state index contributed by atoms with van der Waals surface area (Å²) < 4.78 is 5.61. The van der Waals surface area contributed by atoms with E-state index in [0.29, 0.717) is 23.6 Å². The minimum absolute atomic E-state index is 0.0478. The number of benzene rings is 1. The summed E-state index contributed by atoms with van der Waals surface area (Å²) in [6.07, 6.45) is 3.29. The van der Waals surface area contributed by atoms with Crippen LogP contribution in [0.1, 0.15) is 36.5 Å². The second-order valence-corrected chi connectivity index (χ2v) is 4.51. The number of carbonyl (C=O) groups excluding carboxylic acids is 1. The first kappa shape index (κ1) is 14.4. The van der Waals surface area contributed by atoms with E-state index in [9.17, 15) is 4.79 Å². The van der Waals surface area contributed by atoms with Gasteiger partial charge in [-0.15, -0.1) is 0 Å². The van der Waals surface area contributed by atoms with Gasteiger partial charge in [-0.1, -0.05) is 19.8 Å². The Kier molecular flexibility index (Phi) is 5.49. The molecule has 0 aromatic heterocycles. The van der Waals surface area contributed by atoms with Gasteiger partial charge in [-0.3, -0.25) is 4.79 Å². The SMILES string of the molecule is CCCCCOc1cc(C(=O)N(C)C)ccc1N. The van der Waals surface area contributed by atoms with Crippen molar-refractivity contribution in [2.75, 3.05) is 26.4 Å². The molecule has 0 radical (unpaired) electrons. The van der Waals surface area contributed by atoms with E-state index in [1.54, 1.807) is 32.3 Å². The van der Waals surface area contributed by atoms with Crippen molar-refractivity contribution in [1.29, 1.82) is 0 Å². The molecule has 0 atom stereocenters. The topological polar surface area (TPSA) is 55.6 Å².